The van der Waals surface area contributed by atoms with E-state index in [1.165, 1.54) is 6.92 Å². The molecule has 0 spiro atoms. The molecule has 6 heteroatoms. The summed E-state index contributed by atoms with van der Waals surface area (Å²) in [6.45, 7) is 2.69. The number of carboxylic acid groups (broad SMARTS) is 1. The molecule has 6 nitrogen and oxygen atoms in total. The van der Waals surface area contributed by atoms with E-state index < -0.39 is 11.9 Å². The molecule has 0 aromatic carbocycles. The second kappa shape index (κ2) is 4.96. The highest BCUT2D eigenvalue weighted by molar-refractivity contribution is 5.89. The molecule has 2 unspecified atom stereocenters. The molecule has 2 atom stereocenters. The zero-order chi connectivity index (χ0) is 13.3. The third-order valence-corrected chi connectivity index (χ3v) is 3.64. The molecule has 0 aromatic rings. The van der Waals surface area contributed by atoms with Crippen LogP contribution in [0, 0.1) is 11.8 Å². The maximum absolute atomic E-state index is 12.0. The fourth-order valence-corrected chi connectivity index (χ4v) is 2.51. The van der Waals surface area contributed by atoms with Gasteiger partial charge in [0.05, 0.1) is 11.8 Å². The van der Waals surface area contributed by atoms with Gasteiger partial charge >= 0.3 is 5.97 Å². The number of aliphatic carboxylic acids is 1. The Balaban J connectivity index is 1.78. The topological polar surface area (TPSA) is 86.7 Å². The first-order valence-corrected chi connectivity index (χ1v) is 6.27. The van der Waals surface area contributed by atoms with Crippen molar-refractivity contribution >= 4 is 17.8 Å². The Hall–Kier alpha value is -1.59. The van der Waals surface area contributed by atoms with E-state index in [1.807, 2.05) is 0 Å². The lowest BCUT2D eigenvalue weighted by molar-refractivity contribution is -0.142. The highest BCUT2D eigenvalue weighted by Crippen LogP contribution is 2.40. The van der Waals surface area contributed by atoms with E-state index in [9.17, 15) is 14.4 Å². The molecule has 2 amide bonds. The molecule has 0 bridgehead atoms. The molecule has 1 aliphatic heterocycles. The van der Waals surface area contributed by atoms with Crippen LogP contribution in [0.15, 0.2) is 0 Å². The van der Waals surface area contributed by atoms with Gasteiger partial charge in [-0.2, -0.15) is 0 Å². The quantitative estimate of drug-likeness (QED) is 0.732. The van der Waals surface area contributed by atoms with Gasteiger partial charge in [0, 0.05) is 26.1 Å². The van der Waals surface area contributed by atoms with Crippen molar-refractivity contribution in [2.75, 3.05) is 13.1 Å². The molecule has 1 aliphatic carbocycles. The minimum atomic E-state index is -0.874. The van der Waals surface area contributed by atoms with Crippen LogP contribution in [0.1, 0.15) is 26.2 Å². The maximum Gasteiger partial charge on any atom is 0.307 e. The summed E-state index contributed by atoms with van der Waals surface area (Å²) in [4.78, 5) is 35.3. The molecule has 1 saturated heterocycles. The Bertz CT molecular complexity index is 374. The summed E-state index contributed by atoms with van der Waals surface area (Å²) in [5.41, 5.74) is 0. The van der Waals surface area contributed by atoms with Gasteiger partial charge in [-0.05, 0) is 19.3 Å². The number of carboxylic acids is 1. The third-order valence-electron chi connectivity index (χ3n) is 3.64. The normalized spacial score (nSPS) is 27.7. The molecule has 0 aromatic heterocycles. The number of nitrogens with zero attached hydrogens (tertiary/aromatic N) is 1. The molecule has 2 N–H and O–H groups in total. The van der Waals surface area contributed by atoms with E-state index in [1.54, 1.807) is 4.90 Å². The van der Waals surface area contributed by atoms with Crippen molar-refractivity contribution < 1.29 is 19.5 Å². The minimum absolute atomic E-state index is 0.0383. The molecule has 1 saturated carbocycles. The summed E-state index contributed by atoms with van der Waals surface area (Å²) in [5, 5.41) is 11.6. The summed E-state index contributed by atoms with van der Waals surface area (Å²) in [7, 11) is 0. The average molecular weight is 254 g/mol. The number of hydrogen-bond donors (Lipinski definition) is 2. The zero-order valence-electron chi connectivity index (χ0n) is 10.4. The largest absolute Gasteiger partial charge is 0.481 e. The molecule has 1 heterocycles. The summed E-state index contributed by atoms with van der Waals surface area (Å²) in [6, 6.07) is 0.140. The minimum Gasteiger partial charge on any atom is -0.481 e. The predicted molar refractivity (Wildman–Crippen MR) is 62.7 cm³/mol. The standard InChI is InChI=1S/C12H18N2O4/c1-7(15)13-8-2-4-14(5-3-8)11(16)9-6-10(9)12(17)18/h8-10H,2-6H2,1H3,(H,13,15)(H,17,18). The van der Waals surface area contributed by atoms with Gasteiger partial charge < -0.3 is 15.3 Å². The monoisotopic (exact) mass is 254 g/mol. The number of hydrogen-bond acceptors (Lipinski definition) is 3. The van der Waals surface area contributed by atoms with Gasteiger partial charge in [-0.15, -0.1) is 0 Å². The van der Waals surface area contributed by atoms with Crippen molar-refractivity contribution in [2.24, 2.45) is 11.8 Å². The van der Waals surface area contributed by atoms with Gasteiger partial charge in [-0.3, -0.25) is 14.4 Å². The van der Waals surface area contributed by atoms with Gasteiger partial charge in [-0.1, -0.05) is 0 Å². The summed E-state index contributed by atoms with van der Waals surface area (Å²) in [6.07, 6.45) is 1.96. The van der Waals surface area contributed by atoms with Crippen LogP contribution in [0.3, 0.4) is 0 Å². The Kier molecular flexibility index (Phi) is 3.54. The number of amides is 2. The lowest BCUT2D eigenvalue weighted by atomic mass is 10.0. The van der Waals surface area contributed by atoms with Gasteiger partial charge in [0.1, 0.15) is 0 Å². The predicted octanol–water partition coefficient (Wildman–Crippen LogP) is -0.166. The Morgan fingerprint density at radius 2 is 1.78 bits per heavy atom. The molecule has 2 fully saturated rings. The number of rotatable bonds is 3. The number of carbonyl (C=O) groups excluding carboxylic acids is 2. The van der Waals surface area contributed by atoms with Gasteiger partial charge in [0.15, 0.2) is 0 Å². The van der Waals surface area contributed by atoms with Crippen LogP contribution >= 0.6 is 0 Å². The summed E-state index contributed by atoms with van der Waals surface area (Å²) >= 11 is 0. The van der Waals surface area contributed by atoms with E-state index in [-0.39, 0.29) is 23.8 Å². The van der Waals surface area contributed by atoms with Gasteiger partial charge in [0.25, 0.3) is 0 Å². The van der Waals surface area contributed by atoms with E-state index in [0.29, 0.717) is 19.5 Å². The van der Waals surface area contributed by atoms with Crippen LogP contribution in [0.4, 0.5) is 0 Å². The summed E-state index contributed by atoms with van der Waals surface area (Å²) in [5.74, 6) is -1.76. The van der Waals surface area contributed by atoms with Crippen molar-refractivity contribution in [1.29, 1.82) is 0 Å². The zero-order valence-corrected chi connectivity index (χ0v) is 10.4. The van der Waals surface area contributed by atoms with Crippen molar-refractivity contribution in [2.45, 2.75) is 32.2 Å². The molecule has 2 rings (SSSR count). The van der Waals surface area contributed by atoms with Gasteiger partial charge in [-0.25, -0.2) is 0 Å². The Labute approximate surface area is 105 Å². The Morgan fingerprint density at radius 3 is 2.22 bits per heavy atom. The first kappa shape index (κ1) is 12.9. The van der Waals surface area contributed by atoms with Crippen LogP contribution in [0.5, 0.6) is 0 Å². The van der Waals surface area contributed by atoms with E-state index in [4.69, 9.17) is 5.11 Å². The van der Waals surface area contributed by atoms with Crippen molar-refractivity contribution in [1.82, 2.24) is 10.2 Å². The fraction of sp³-hybridized carbons (Fsp3) is 0.750. The number of piperidine rings is 1. The second-order valence-electron chi connectivity index (χ2n) is 5.09. The molecule has 0 radical (unpaired) electrons. The van der Waals surface area contributed by atoms with Crippen LogP contribution in [0.25, 0.3) is 0 Å². The number of likely N-dealkylation sites (tertiary alicyclic amines) is 1. The van der Waals surface area contributed by atoms with Crippen LogP contribution in [-0.2, 0) is 14.4 Å². The summed E-state index contributed by atoms with van der Waals surface area (Å²) < 4.78 is 0. The van der Waals surface area contributed by atoms with Crippen LogP contribution in [-0.4, -0.2) is 46.9 Å². The second-order valence-corrected chi connectivity index (χ2v) is 5.09. The number of nitrogens with one attached hydrogen (secondary N) is 1. The van der Waals surface area contributed by atoms with Gasteiger partial charge in [0.2, 0.25) is 11.8 Å². The lowest BCUT2D eigenvalue weighted by Gasteiger charge is -2.32. The average Bonchev–Trinajstić information content (AvgIpc) is 3.08. The Morgan fingerprint density at radius 1 is 1.17 bits per heavy atom. The molecule has 18 heavy (non-hydrogen) atoms. The maximum atomic E-state index is 12.0. The lowest BCUT2D eigenvalue weighted by Crippen LogP contribution is -2.46. The molecule has 2 aliphatic rings. The molecule has 100 valence electrons. The smallest absolute Gasteiger partial charge is 0.307 e. The first-order valence-electron chi connectivity index (χ1n) is 6.27. The number of carbonyl (C=O) groups is 3. The van der Waals surface area contributed by atoms with Crippen LogP contribution < -0.4 is 5.32 Å². The van der Waals surface area contributed by atoms with Crippen molar-refractivity contribution in [3.63, 3.8) is 0 Å². The molecular formula is C12H18N2O4. The highest BCUT2D eigenvalue weighted by atomic mass is 16.4. The SMILES string of the molecule is CC(=O)NC1CCN(C(=O)C2CC2C(=O)O)CC1. The highest BCUT2D eigenvalue weighted by Gasteiger charge is 2.50. The van der Waals surface area contributed by atoms with Crippen molar-refractivity contribution in [3.8, 4) is 0 Å². The fourth-order valence-electron chi connectivity index (χ4n) is 2.51. The van der Waals surface area contributed by atoms with E-state index in [0.717, 1.165) is 12.8 Å². The van der Waals surface area contributed by atoms with E-state index >= 15 is 0 Å². The van der Waals surface area contributed by atoms with Crippen molar-refractivity contribution in [3.05, 3.63) is 0 Å². The van der Waals surface area contributed by atoms with Crippen LogP contribution in [0.2, 0.25) is 0 Å². The first-order chi connectivity index (χ1) is 8.49. The third kappa shape index (κ3) is 2.80. The molecular weight excluding hydrogens is 236 g/mol. The van der Waals surface area contributed by atoms with E-state index in [2.05, 4.69) is 5.32 Å².